The van der Waals surface area contributed by atoms with Crippen LogP contribution in [-0.2, 0) is 4.84 Å². The summed E-state index contributed by atoms with van der Waals surface area (Å²) in [5, 5.41) is 3.54. The molecule has 0 saturated carbocycles. The summed E-state index contributed by atoms with van der Waals surface area (Å²) >= 11 is 11.1. The van der Waals surface area contributed by atoms with Gasteiger partial charge in [-0.25, -0.2) is 0 Å². The summed E-state index contributed by atoms with van der Waals surface area (Å²) in [6.07, 6.45) is 6.45. The van der Waals surface area contributed by atoms with E-state index in [1.807, 2.05) is 39.8 Å². The number of rotatable bonds is 10. The summed E-state index contributed by atoms with van der Waals surface area (Å²) in [7, 11) is 1.53. The number of hydrogen-bond acceptors (Lipinski definition) is 4. The van der Waals surface area contributed by atoms with E-state index in [9.17, 15) is 0 Å². The molecule has 0 heterocycles. The van der Waals surface area contributed by atoms with E-state index in [4.69, 9.17) is 32.7 Å². The van der Waals surface area contributed by atoms with Crippen LogP contribution in [0.2, 0.25) is 0 Å². The molecule has 6 heteroatoms. The highest BCUT2D eigenvalue weighted by atomic mass is 35.5. The lowest BCUT2D eigenvalue weighted by Gasteiger charge is -2.14. The van der Waals surface area contributed by atoms with Crippen LogP contribution < -0.4 is 9.47 Å². The lowest BCUT2D eigenvalue weighted by atomic mass is 10.1. The van der Waals surface area contributed by atoms with Crippen molar-refractivity contribution in [3.8, 4) is 11.5 Å². The largest absolute Gasteiger partial charge is 0.493 e. The molecule has 0 atom stereocenters. The van der Waals surface area contributed by atoms with Crippen molar-refractivity contribution >= 4 is 28.9 Å². The summed E-state index contributed by atoms with van der Waals surface area (Å²) in [5.41, 5.74) is 3.11. The third-order valence-corrected chi connectivity index (χ3v) is 3.75. The number of halogens is 2. The first-order chi connectivity index (χ1) is 12.8. The lowest BCUT2D eigenvalue weighted by Crippen LogP contribution is -2.02. The van der Waals surface area contributed by atoms with Crippen molar-refractivity contribution in [2.75, 3.05) is 20.3 Å². The molecule has 0 aliphatic heterocycles. The summed E-state index contributed by atoms with van der Waals surface area (Å²) in [6, 6.07) is 3.95. The maximum Gasteiger partial charge on any atom is 0.125 e. The van der Waals surface area contributed by atoms with Gasteiger partial charge in [-0.3, -0.25) is 0 Å². The standard InChI is InChI=1S/C17H24Cl2O2.C4H9NO/c1-4-5-6-7-9-21-17-13(2)11-15(12-14(17)3)20-10-8-16(18)19;1-4(2)5-6-3/h8,11-12H,4-7,9-10H2,1-3H3;1-3H3. The molecule has 0 amide bonds. The molecular formula is C21H33Cl2NO3. The van der Waals surface area contributed by atoms with E-state index >= 15 is 0 Å². The van der Waals surface area contributed by atoms with Gasteiger partial charge in [-0.1, -0.05) is 54.5 Å². The zero-order valence-corrected chi connectivity index (χ0v) is 18.9. The number of hydrogen-bond donors (Lipinski definition) is 0. The van der Waals surface area contributed by atoms with Gasteiger partial charge >= 0.3 is 0 Å². The van der Waals surface area contributed by atoms with Crippen LogP contribution in [0, 0.1) is 13.8 Å². The van der Waals surface area contributed by atoms with Crippen molar-refractivity contribution in [1.82, 2.24) is 0 Å². The Morgan fingerprint density at radius 3 is 2.11 bits per heavy atom. The minimum Gasteiger partial charge on any atom is -0.493 e. The minimum absolute atomic E-state index is 0.218. The van der Waals surface area contributed by atoms with Gasteiger partial charge in [0.1, 0.15) is 29.7 Å². The molecule has 0 fully saturated rings. The molecule has 0 aromatic heterocycles. The number of oxime groups is 1. The molecule has 0 bridgehead atoms. The van der Waals surface area contributed by atoms with E-state index < -0.39 is 0 Å². The summed E-state index contributed by atoms with van der Waals surface area (Å²) < 4.78 is 11.7. The topological polar surface area (TPSA) is 40.0 Å². The molecular weight excluding hydrogens is 385 g/mol. The fourth-order valence-electron chi connectivity index (χ4n) is 2.31. The SMILES string of the molecule is CCCCCCOc1c(C)cc(OCC=C(Cl)Cl)cc1C.CON=C(C)C. The third kappa shape index (κ3) is 13.4. The van der Waals surface area contributed by atoms with E-state index in [0.717, 1.165) is 41.4 Å². The van der Waals surface area contributed by atoms with Gasteiger partial charge in [0.25, 0.3) is 0 Å². The quantitative estimate of drug-likeness (QED) is 0.234. The van der Waals surface area contributed by atoms with Crippen molar-refractivity contribution in [3.05, 3.63) is 33.8 Å². The first-order valence-corrected chi connectivity index (χ1v) is 9.99. The smallest absolute Gasteiger partial charge is 0.125 e. The van der Waals surface area contributed by atoms with E-state index in [-0.39, 0.29) is 4.49 Å². The maximum atomic E-state index is 5.90. The van der Waals surface area contributed by atoms with Gasteiger partial charge < -0.3 is 14.3 Å². The van der Waals surface area contributed by atoms with Crippen LogP contribution >= 0.6 is 23.2 Å². The average molecular weight is 418 g/mol. The van der Waals surface area contributed by atoms with Crippen LogP contribution in [0.4, 0.5) is 0 Å². The van der Waals surface area contributed by atoms with Crippen molar-refractivity contribution < 1.29 is 14.3 Å². The van der Waals surface area contributed by atoms with Crippen molar-refractivity contribution in [2.45, 2.75) is 60.3 Å². The van der Waals surface area contributed by atoms with Crippen LogP contribution in [-0.4, -0.2) is 26.0 Å². The minimum atomic E-state index is 0.218. The molecule has 0 radical (unpaired) electrons. The van der Waals surface area contributed by atoms with E-state index in [1.54, 1.807) is 6.08 Å². The second-order valence-corrected chi connectivity index (χ2v) is 7.33. The normalized spacial score (nSPS) is 9.63. The Morgan fingerprint density at radius 1 is 1.04 bits per heavy atom. The van der Waals surface area contributed by atoms with Crippen LogP contribution in [0.15, 0.2) is 27.9 Å². The Kier molecular flexibility index (Phi) is 14.8. The predicted octanol–water partition coefficient (Wildman–Crippen LogP) is 6.99. The molecule has 27 heavy (non-hydrogen) atoms. The second kappa shape index (κ2) is 15.6. The van der Waals surface area contributed by atoms with E-state index in [0.29, 0.717) is 6.61 Å². The summed E-state index contributed by atoms with van der Waals surface area (Å²) in [4.78, 5) is 4.39. The highest BCUT2D eigenvalue weighted by molar-refractivity contribution is 6.55. The number of nitrogens with zero attached hydrogens (tertiary/aromatic N) is 1. The van der Waals surface area contributed by atoms with Crippen LogP contribution in [0.3, 0.4) is 0 Å². The van der Waals surface area contributed by atoms with E-state index in [2.05, 4.69) is 16.9 Å². The van der Waals surface area contributed by atoms with Crippen molar-refractivity contribution in [2.24, 2.45) is 5.16 Å². The van der Waals surface area contributed by atoms with Gasteiger partial charge in [0.2, 0.25) is 0 Å². The fourth-order valence-corrected chi connectivity index (χ4v) is 2.43. The van der Waals surface area contributed by atoms with Crippen molar-refractivity contribution in [3.63, 3.8) is 0 Å². The third-order valence-electron chi connectivity index (χ3n) is 3.44. The first-order valence-electron chi connectivity index (χ1n) is 9.24. The van der Waals surface area contributed by atoms with Crippen LogP contribution in [0.5, 0.6) is 11.5 Å². The molecule has 1 aromatic carbocycles. The Balaban J connectivity index is 0.000000972. The van der Waals surface area contributed by atoms with Crippen LogP contribution in [0.25, 0.3) is 0 Å². The Hall–Kier alpha value is -1.39. The molecule has 0 N–H and O–H groups in total. The monoisotopic (exact) mass is 417 g/mol. The van der Waals surface area contributed by atoms with Gasteiger partial charge in [-0.15, -0.1) is 0 Å². The number of aryl methyl sites for hydroxylation is 2. The maximum absolute atomic E-state index is 5.90. The van der Waals surface area contributed by atoms with Gasteiger partial charge in [0.05, 0.1) is 12.3 Å². The summed E-state index contributed by atoms with van der Waals surface area (Å²) in [6.45, 7) is 11.2. The predicted molar refractivity (Wildman–Crippen MR) is 117 cm³/mol. The number of benzene rings is 1. The molecule has 0 spiro atoms. The van der Waals surface area contributed by atoms with Gasteiger partial charge in [0.15, 0.2) is 0 Å². The highest BCUT2D eigenvalue weighted by Gasteiger charge is 2.07. The van der Waals surface area contributed by atoms with E-state index in [1.165, 1.54) is 26.4 Å². The fraction of sp³-hybridized carbons (Fsp3) is 0.571. The zero-order chi connectivity index (χ0) is 20.7. The Labute approximate surface area is 174 Å². The average Bonchev–Trinajstić information content (AvgIpc) is 2.57. The van der Waals surface area contributed by atoms with Gasteiger partial charge in [-0.2, -0.15) is 0 Å². The van der Waals surface area contributed by atoms with Crippen molar-refractivity contribution in [1.29, 1.82) is 0 Å². The molecule has 0 aliphatic carbocycles. The molecule has 154 valence electrons. The van der Waals surface area contributed by atoms with Crippen LogP contribution in [0.1, 0.15) is 57.6 Å². The Bertz CT molecular complexity index is 570. The Morgan fingerprint density at radius 2 is 1.67 bits per heavy atom. The molecule has 0 saturated heterocycles. The second-order valence-electron chi connectivity index (χ2n) is 6.32. The zero-order valence-electron chi connectivity index (χ0n) is 17.4. The molecule has 4 nitrogen and oxygen atoms in total. The lowest BCUT2D eigenvalue weighted by molar-refractivity contribution is 0.213. The molecule has 1 rings (SSSR count). The first kappa shape index (κ1) is 25.6. The number of unbranched alkanes of at least 4 members (excludes halogenated alkanes) is 3. The molecule has 0 unspecified atom stereocenters. The molecule has 1 aromatic rings. The van der Waals surface area contributed by atoms with Gasteiger partial charge in [-0.05, 0) is 63.5 Å². The number of ether oxygens (including phenoxy) is 2. The van der Waals surface area contributed by atoms with Gasteiger partial charge in [0, 0.05) is 0 Å². The highest BCUT2D eigenvalue weighted by Crippen LogP contribution is 2.28. The molecule has 0 aliphatic rings. The summed E-state index contributed by atoms with van der Waals surface area (Å²) in [5.74, 6) is 1.76.